The van der Waals surface area contributed by atoms with Crippen LogP contribution < -0.4 is 5.32 Å². The molecule has 0 aliphatic carbocycles. The van der Waals surface area contributed by atoms with Gasteiger partial charge in [0.1, 0.15) is 0 Å². The molecule has 0 bridgehead atoms. The molecule has 0 spiro atoms. The highest BCUT2D eigenvalue weighted by Crippen LogP contribution is 2.27. The molecule has 1 amide bonds. The fourth-order valence-electron chi connectivity index (χ4n) is 3.71. The van der Waals surface area contributed by atoms with Crippen LogP contribution >= 0.6 is 0 Å². The van der Waals surface area contributed by atoms with Crippen LogP contribution in [0.4, 0.5) is 0 Å². The highest BCUT2D eigenvalue weighted by molar-refractivity contribution is 5.79. The number of amides is 1. The van der Waals surface area contributed by atoms with Crippen LogP contribution in [0.5, 0.6) is 0 Å². The van der Waals surface area contributed by atoms with Gasteiger partial charge in [-0.15, -0.1) is 0 Å². The number of rotatable bonds is 4. The summed E-state index contributed by atoms with van der Waals surface area (Å²) in [6.45, 7) is 8.76. The molecule has 2 rings (SSSR count). The highest BCUT2D eigenvalue weighted by Gasteiger charge is 2.33. The summed E-state index contributed by atoms with van der Waals surface area (Å²) in [6, 6.07) is 1.01. The summed E-state index contributed by atoms with van der Waals surface area (Å²) in [4.78, 5) is 15.1. The van der Waals surface area contributed by atoms with Gasteiger partial charge in [-0.2, -0.15) is 0 Å². The van der Waals surface area contributed by atoms with Gasteiger partial charge in [0.2, 0.25) is 5.91 Å². The molecular formula is C17H32N2O. The fourth-order valence-corrected chi connectivity index (χ4v) is 3.71. The van der Waals surface area contributed by atoms with Crippen molar-refractivity contribution in [3.63, 3.8) is 0 Å². The molecule has 3 heteroatoms. The second-order valence-corrected chi connectivity index (χ2v) is 7.23. The van der Waals surface area contributed by atoms with Crippen LogP contribution in [0.2, 0.25) is 0 Å². The number of nitrogens with zero attached hydrogens (tertiary/aromatic N) is 1. The molecule has 2 aliphatic rings. The van der Waals surface area contributed by atoms with Gasteiger partial charge in [0.25, 0.3) is 0 Å². The standard InChI is InChI=1S/C17H32N2O/c1-13(2)7-8-16-6-4-5-11-19(16)17(20)15-9-10-18-14(3)12-15/h13-16,18H,4-12H2,1-3H3/t14-,15-,16?/m0/s1. The molecular weight excluding hydrogens is 248 g/mol. The average Bonchev–Trinajstić information content (AvgIpc) is 2.44. The summed E-state index contributed by atoms with van der Waals surface area (Å²) in [5.74, 6) is 1.46. The van der Waals surface area contributed by atoms with Gasteiger partial charge in [-0.1, -0.05) is 13.8 Å². The topological polar surface area (TPSA) is 32.3 Å². The lowest BCUT2D eigenvalue weighted by atomic mass is 9.88. The molecule has 116 valence electrons. The van der Waals surface area contributed by atoms with Gasteiger partial charge in [-0.05, 0) is 64.3 Å². The molecule has 2 heterocycles. The Labute approximate surface area is 124 Å². The molecule has 3 atom stereocenters. The monoisotopic (exact) mass is 280 g/mol. The Morgan fingerprint density at radius 1 is 1.30 bits per heavy atom. The SMILES string of the molecule is CC(C)CCC1CCCCN1C(=O)[C@H]1CCN[C@@H](C)C1. The van der Waals surface area contributed by atoms with Gasteiger partial charge >= 0.3 is 0 Å². The van der Waals surface area contributed by atoms with E-state index in [1.165, 1.54) is 32.1 Å². The fraction of sp³-hybridized carbons (Fsp3) is 0.941. The number of carbonyl (C=O) groups is 1. The first-order valence-corrected chi connectivity index (χ1v) is 8.61. The van der Waals surface area contributed by atoms with E-state index in [0.29, 0.717) is 18.0 Å². The number of nitrogens with one attached hydrogen (secondary N) is 1. The second kappa shape index (κ2) is 7.44. The summed E-state index contributed by atoms with van der Waals surface area (Å²) in [6.07, 6.45) is 8.21. The van der Waals surface area contributed by atoms with E-state index in [-0.39, 0.29) is 5.92 Å². The smallest absolute Gasteiger partial charge is 0.226 e. The molecule has 1 N–H and O–H groups in total. The third kappa shape index (κ3) is 4.21. The summed E-state index contributed by atoms with van der Waals surface area (Å²) >= 11 is 0. The van der Waals surface area contributed by atoms with Crippen LogP contribution in [0.1, 0.15) is 65.7 Å². The number of piperidine rings is 2. The van der Waals surface area contributed by atoms with Gasteiger partial charge in [-0.25, -0.2) is 0 Å². The predicted octanol–water partition coefficient (Wildman–Crippen LogP) is 3.19. The third-order valence-corrected chi connectivity index (χ3v) is 4.96. The molecule has 2 fully saturated rings. The molecule has 0 radical (unpaired) electrons. The maximum Gasteiger partial charge on any atom is 0.226 e. The molecule has 0 aromatic rings. The first-order valence-electron chi connectivity index (χ1n) is 8.61. The minimum atomic E-state index is 0.269. The quantitative estimate of drug-likeness (QED) is 0.857. The van der Waals surface area contributed by atoms with E-state index < -0.39 is 0 Å². The van der Waals surface area contributed by atoms with Crippen molar-refractivity contribution in [2.45, 2.75) is 77.8 Å². The number of likely N-dealkylation sites (tertiary alicyclic amines) is 1. The van der Waals surface area contributed by atoms with E-state index in [9.17, 15) is 4.79 Å². The lowest BCUT2D eigenvalue weighted by Crippen LogP contribution is -2.49. The van der Waals surface area contributed by atoms with Crippen molar-refractivity contribution < 1.29 is 4.79 Å². The lowest BCUT2D eigenvalue weighted by molar-refractivity contribution is -0.140. The van der Waals surface area contributed by atoms with Gasteiger partial charge in [0.15, 0.2) is 0 Å². The van der Waals surface area contributed by atoms with Crippen LogP contribution in [-0.4, -0.2) is 36.0 Å². The van der Waals surface area contributed by atoms with Crippen molar-refractivity contribution in [2.75, 3.05) is 13.1 Å². The van der Waals surface area contributed by atoms with E-state index in [2.05, 4.69) is 31.0 Å². The van der Waals surface area contributed by atoms with Crippen LogP contribution in [0, 0.1) is 11.8 Å². The van der Waals surface area contributed by atoms with Gasteiger partial charge in [-0.3, -0.25) is 4.79 Å². The van der Waals surface area contributed by atoms with E-state index in [0.717, 1.165) is 31.8 Å². The van der Waals surface area contributed by atoms with Crippen molar-refractivity contribution in [3.8, 4) is 0 Å². The Kier molecular flexibility index (Phi) is 5.88. The Hall–Kier alpha value is -0.570. The second-order valence-electron chi connectivity index (χ2n) is 7.23. The molecule has 0 aromatic carbocycles. The Balaban J connectivity index is 1.93. The minimum Gasteiger partial charge on any atom is -0.339 e. The van der Waals surface area contributed by atoms with E-state index in [1.54, 1.807) is 0 Å². The highest BCUT2D eigenvalue weighted by atomic mass is 16.2. The summed E-state index contributed by atoms with van der Waals surface area (Å²) in [7, 11) is 0. The van der Waals surface area contributed by atoms with E-state index >= 15 is 0 Å². The largest absolute Gasteiger partial charge is 0.339 e. The van der Waals surface area contributed by atoms with Crippen LogP contribution in [-0.2, 0) is 4.79 Å². The normalized spacial score (nSPS) is 31.6. The maximum atomic E-state index is 12.9. The first-order chi connectivity index (χ1) is 9.58. The van der Waals surface area contributed by atoms with Gasteiger partial charge < -0.3 is 10.2 Å². The minimum absolute atomic E-state index is 0.269. The maximum absolute atomic E-state index is 12.9. The van der Waals surface area contributed by atoms with Gasteiger partial charge in [0, 0.05) is 24.5 Å². The number of carbonyl (C=O) groups excluding carboxylic acids is 1. The number of hydrogen-bond acceptors (Lipinski definition) is 2. The molecule has 2 aliphatic heterocycles. The van der Waals surface area contributed by atoms with Crippen molar-refractivity contribution in [3.05, 3.63) is 0 Å². The molecule has 2 saturated heterocycles. The van der Waals surface area contributed by atoms with Crippen LogP contribution in [0.15, 0.2) is 0 Å². The molecule has 1 unspecified atom stereocenters. The van der Waals surface area contributed by atoms with Crippen LogP contribution in [0.3, 0.4) is 0 Å². The Morgan fingerprint density at radius 2 is 2.10 bits per heavy atom. The Morgan fingerprint density at radius 3 is 2.80 bits per heavy atom. The molecule has 0 saturated carbocycles. The average molecular weight is 280 g/mol. The van der Waals surface area contributed by atoms with E-state index in [1.807, 2.05) is 0 Å². The molecule has 0 aromatic heterocycles. The summed E-state index contributed by atoms with van der Waals surface area (Å²) in [5.41, 5.74) is 0. The van der Waals surface area contributed by atoms with Crippen molar-refractivity contribution in [2.24, 2.45) is 11.8 Å². The zero-order valence-corrected chi connectivity index (χ0v) is 13.5. The van der Waals surface area contributed by atoms with Crippen molar-refractivity contribution in [1.29, 1.82) is 0 Å². The Bertz CT molecular complexity index is 316. The third-order valence-electron chi connectivity index (χ3n) is 4.96. The van der Waals surface area contributed by atoms with Crippen molar-refractivity contribution >= 4 is 5.91 Å². The molecule has 3 nitrogen and oxygen atoms in total. The number of hydrogen-bond donors (Lipinski definition) is 1. The van der Waals surface area contributed by atoms with Crippen molar-refractivity contribution in [1.82, 2.24) is 10.2 Å². The van der Waals surface area contributed by atoms with E-state index in [4.69, 9.17) is 0 Å². The predicted molar refractivity (Wildman–Crippen MR) is 83.6 cm³/mol. The zero-order valence-electron chi connectivity index (χ0n) is 13.5. The zero-order chi connectivity index (χ0) is 14.5. The summed E-state index contributed by atoms with van der Waals surface area (Å²) in [5, 5.41) is 3.45. The summed E-state index contributed by atoms with van der Waals surface area (Å²) < 4.78 is 0. The van der Waals surface area contributed by atoms with Gasteiger partial charge in [0.05, 0.1) is 0 Å². The first kappa shape index (κ1) is 15.8. The van der Waals surface area contributed by atoms with Crippen LogP contribution in [0.25, 0.3) is 0 Å². The lowest BCUT2D eigenvalue weighted by Gasteiger charge is -2.40. The molecule has 20 heavy (non-hydrogen) atoms.